The Bertz CT molecular complexity index is 309. The van der Waals surface area contributed by atoms with Crippen molar-refractivity contribution in [3.63, 3.8) is 0 Å². The highest BCUT2D eigenvalue weighted by Crippen LogP contribution is 2.55. The largest absolute Gasteiger partial charge is 0.360 e. The Balaban J connectivity index is 2.24. The summed E-state index contributed by atoms with van der Waals surface area (Å²) in [5.74, 6) is 1.57. The van der Waals surface area contributed by atoms with Crippen LogP contribution in [0.5, 0.6) is 0 Å². The molecule has 0 aromatic heterocycles. The van der Waals surface area contributed by atoms with E-state index >= 15 is 0 Å². The highest BCUT2D eigenvalue weighted by atomic mass is 15.2. The molecule has 3 atom stereocenters. The van der Waals surface area contributed by atoms with Gasteiger partial charge in [0.25, 0.3) is 0 Å². The molecule has 0 aromatic rings. The van der Waals surface area contributed by atoms with Crippen LogP contribution in [0.2, 0.25) is 5.31 Å². The molecular formula is C13H25BN2. The molecule has 1 aliphatic carbocycles. The quantitative estimate of drug-likeness (QED) is 0.623. The Kier molecular flexibility index (Phi) is 2.63. The van der Waals surface area contributed by atoms with Crippen molar-refractivity contribution < 1.29 is 0 Å². The Hall–Kier alpha value is -0.465. The summed E-state index contributed by atoms with van der Waals surface area (Å²) in [6.45, 7) is 7.25. The van der Waals surface area contributed by atoms with E-state index in [1.54, 1.807) is 0 Å². The van der Waals surface area contributed by atoms with Gasteiger partial charge < -0.3 is 4.90 Å². The molecule has 2 aliphatic rings. The third-order valence-corrected chi connectivity index (χ3v) is 5.59. The zero-order valence-electron chi connectivity index (χ0n) is 11.4. The minimum absolute atomic E-state index is 0.401. The van der Waals surface area contributed by atoms with Gasteiger partial charge in [-0.3, -0.25) is 5.41 Å². The molecule has 2 rings (SSSR count). The summed E-state index contributed by atoms with van der Waals surface area (Å²) in [7, 11) is 4.52. The number of nitrogens with one attached hydrogen (secondary N) is 1. The SMILES string of the molecule is BC1(C)CC2CC(=N)N(C)C2CCC1(C)C. The van der Waals surface area contributed by atoms with Gasteiger partial charge in [0.1, 0.15) is 7.85 Å². The van der Waals surface area contributed by atoms with Gasteiger partial charge in [0.15, 0.2) is 0 Å². The Morgan fingerprint density at radius 1 is 1.38 bits per heavy atom. The maximum atomic E-state index is 7.98. The number of fused-ring (bicyclic) bond motifs is 1. The van der Waals surface area contributed by atoms with Crippen molar-refractivity contribution >= 4 is 13.7 Å². The molecule has 1 saturated carbocycles. The number of hydrogen-bond acceptors (Lipinski definition) is 1. The van der Waals surface area contributed by atoms with E-state index in [1.807, 2.05) is 0 Å². The fourth-order valence-electron chi connectivity index (χ4n) is 3.46. The van der Waals surface area contributed by atoms with Gasteiger partial charge >= 0.3 is 0 Å². The first-order chi connectivity index (χ1) is 7.24. The summed E-state index contributed by atoms with van der Waals surface area (Å²) in [4.78, 5) is 2.22. The van der Waals surface area contributed by atoms with Crippen LogP contribution in [0.25, 0.3) is 0 Å². The smallest absolute Gasteiger partial charge is 0.109 e. The van der Waals surface area contributed by atoms with E-state index in [0.29, 0.717) is 22.7 Å². The van der Waals surface area contributed by atoms with Crippen molar-refractivity contribution in [2.75, 3.05) is 7.05 Å². The van der Waals surface area contributed by atoms with E-state index < -0.39 is 0 Å². The second kappa shape index (κ2) is 3.51. The number of rotatable bonds is 0. The monoisotopic (exact) mass is 220 g/mol. The van der Waals surface area contributed by atoms with Crippen LogP contribution in [0.3, 0.4) is 0 Å². The number of likely N-dealkylation sites (tertiary alicyclic amines) is 1. The van der Waals surface area contributed by atoms with E-state index in [0.717, 1.165) is 12.3 Å². The molecule has 2 nitrogen and oxygen atoms in total. The van der Waals surface area contributed by atoms with Crippen molar-refractivity contribution in [2.45, 2.75) is 57.8 Å². The lowest BCUT2D eigenvalue weighted by molar-refractivity contribution is 0.223. The predicted octanol–water partition coefficient (Wildman–Crippen LogP) is 2.31. The van der Waals surface area contributed by atoms with Gasteiger partial charge in [0.05, 0.1) is 5.84 Å². The van der Waals surface area contributed by atoms with Crippen molar-refractivity contribution in [1.29, 1.82) is 5.41 Å². The fourth-order valence-corrected chi connectivity index (χ4v) is 3.46. The molecule has 3 heteroatoms. The average molecular weight is 220 g/mol. The second-order valence-electron chi connectivity index (χ2n) is 7.10. The lowest BCUT2D eigenvalue weighted by atomic mass is 9.52. The summed E-state index contributed by atoms with van der Waals surface area (Å²) < 4.78 is 0. The van der Waals surface area contributed by atoms with E-state index in [1.165, 1.54) is 19.3 Å². The molecule has 0 radical (unpaired) electrons. The zero-order valence-corrected chi connectivity index (χ0v) is 11.4. The molecular weight excluding hydrogens is 195 g/mol. The standard InChI is InChI=1S/C13H25BN2/c1-12(2)6-5-10-9(8-13(12,3)14)7-11(15)16(10)4/h9-10,15H,5-8,14H2,1-4H3. The third-order valence-electron chi connectivity index (χ3n) is 5.59. The maximum Gasteiger partial charge on any atom is 0.109 e. The van der Waals surface area contributed by atoms with Gasteiger partial charge in [-0.05, 0) is 30.6 Å². The van der Waals surface area contributed by atoms with Crippen LogP contribution in [0.15, 0.2) is 0 Å². The second-order valence-corrected chi connectivity index (χ2v) is 7.10. The molecule has 0 aromatic carbocycles. The van der Waals surface area contributed by atoms with Crippen molar-refractivity contribution in [1.82, 2.24) is 4.90 Å². The Labute approximate surface area is 101 Å². The lowest BCUT2D eigenvalue weighted by Crippen LogP contribution is -2.30. The molecule has 0 bridgehead atoms. The van der Waals surface area contributed by atoms with Crippen molar-refractivity contribution in [3.8, 4) is 0 Å². The average Bonchev–Trinajstić information content (AvgIpc) is 2.34. The molecule has 1 aliphatic heterocycles. The molecule has 1 saturated heterocycles. The van der Waals surface area contributed by atoms with Gasteiger partial charge in [-0.2, -0.15) is 0 Å². The van der Waals surface area contributed by atoms with Crippen LogP contribution in [0, 0.1) is 16.7 Å². The number of nitrogens with zero attached hydrogens (tertiary/aromatic N) is 1. The Morgan fingerprint density at radius 3 is 2.62 bits per heavy atom. The molecule has 90 valence electrons. The Morgan fingerprint density at radius 2 is 2.00 bits per heavy atom. The van der Waals surface area contributed by atoms with Crippen molar-refractivity contribution in [3.05, 3.63) is 0 Å². The molecule has 3 unspecified atom stereocenters. The summed E-state index contributed by atoms with van der Waals surface area (Å²) in [6.07, 6.45) is 4.83. The van der Waals surface area contributed by atoms with Gasteiger partial charge in [-0.25, -0.2) is 0 Å². The van der Waals surface area contributed by atoms with Gasteiger partial charge in [-0.1, -0.05) is 26.1 Å². The minimum atomic E-state index is 0.401. The predicted molar refractivity (Wildman–Crippen MR) is 71.9 cm³/mol. The van der Waals surface area contributed by atoms with E-state index in [4.69, 9.17) is 5.41 Å². The number of amidine groups is 1. The van der Waals surface area contributed by atoms with Crippen LogP contribution < -0.4 is 0 Å². The molecule has 2 fully saturated rings. The minimum Gasteiger partial charge on any atom is -0.360 e. The first-order valence-corrected chi connectivity index (χ1v) is 6.55. The first kappa shape index (κ1) is 12.0. The fraction of sp³-hybridized carbons (Fsp3) is 0.923. The summed E-state index contributed by atoms with van der Waals surface area (Å²) >= 11 is 0. The highest BCUT2D eigenvalue weighted by molar-refractivity contribution is 6.15. The van der Waals surface area contributed by atoms with E-state index in [2.05, 4.69) is 40.6 Å². The molecule has 0 spiro atoms. The first-order valence-electron chi connectivity index (χ1n) is 6.55. The molecule has 16 heavy (non-hydrogen) atoms. The summed E-state index contributed by atoms with van der Waals surface area (Å²) in [5, 5.41) is 8.38. The summed E-state index contributed by atoms with van der Waals surface area (Å²) in [5.41, 5.74) is 0.431. The van der Waals surface area contributed by atoms with Gasteiger partial charge in [0, 0.05) is 19.5 Å². The maximum absolute atomic E-state index is 7.98. The summed E-state index contributed by atoms with van der Waals surface area (Å²) in [6, 6.07) is 0.633. The molecule has 1 heterocycles. The zero-order chi connectivity index (χ0) is 12.1. The molecule has 1 N–H and O–H groups in total. The van der Waals surface area contributed by atoms with E-state index in [9.17, 15) is 0 Å². The van der Waals surface area contributed by atoms with Crippen LogP contribution >= 0.6 is 0 Å². The van der Waals surface area contributed by atoms with Crippen LogP contribution in [0.1, 0.15) is 46.5 Å². The normalized spacial score (nSPS) is 43.0. The van der Waals surface area contributed by atoms with Gasteiger partial charge in [0.2, 0.25) is 0 Å². The lowest BCUT2D eigenvalue weighted by Gasteiger charge is -2.41. The van der Waals surface area contributed by atoms with Crippen molar-refractivity contribution in [2.24, 2.45) is 11.3 Å². The number of hydrogen-bond donors (Lipinski definition) is 1. The van der Waals surface area contributed by atoms with E-state index in [-0.39, 0.29) is 0 Å². The van der Waals surface area contributed by atoms with Crippen LogP contribution in [-0.4, -0.2) is 31.7 Å². The van der Waals surface area contributed by atoms with Gasteiger partial charge in [-0.15, -0.1) is 0 Å². The molecule has 0 amide bonds. The van der Waals surface area contributed by atoms with Crippen LogP contribution in [0.4, 0.5) is 0 Å². The third kappa shape index (κ3) is 1.68. The topological polar surface area (TPSA) is 27.1 Å². The van der Waals surface area contributed by atoms with Crippen LogP contribution in [-0.2, 0) is 0 Å². The highest BCUT2D eigenvalue weighted by Gasteiger charge is 2.47.